The number of ether oxygens (including phenoxy) is 2. The number of amides is 2. The van der Waals surface area contributed by atoms with Crippen molar-refractivity contribution in [3.05, 3.63) is 101 Å². The predicted molar refractivity (Wildman–Crippen MR) is 147 cm³/mol. The predicted octanol–water partition coefficient (Wildman–Crippen LogP) is 3.12. The normalized spacial score (nSPS) is 19.4. The molecule has 2 amide bonds. The van der Waals surface area contributed by atoms with Crippen LogP contribution in [-0.4, -0.2) is 73.2 Å². The van der Waals surface area contributed by atoms with Crippen molar-refractivity contribution in [2.45, 2.75) is 25.1 Å². The van der Waals surface area contributed by atoms with Gasteiger partial charge in [-0.05, 0) is 28.8 Å². The number of fused-ring (bicyclic) bond motifs is 1. The van der Waals surface area contributed by atoms with Crippen LogP contribution in [0.15, 0.2) is 72.8 Å². The van der Waals surface area contributed by atoms with Gasteiger partial charge in [-0.2, -0.15) is 0 Å². The lowest BCUT2D eigenvalue weighted by Gasteiger charge is -2.42. The molecule has 39 heavy (non-hydrogen) atoms. The molecule has 2 atom stereocenters. The number of nitrogens with one attached hydrogen (secondary N) is 1. The van der Waals surface area contributed by atoms with Gasteiger partial charge >= 0.3 is 0 Å². The second-order valence-electron chi connectivity index (χ2n) is 9.90. The molecule has 3 aromatic rings. The van der Waals surface area contributed by atoms with E-state index in [-0.39, 0.29) is 25.0 Å². The number of hydrogen-bond donors (Lipinski definition) is 2. The average molecular weight is 530 g/mol. The van der Waals surface area contributed by atoms with Crippen molar-refractivity contribution in [1.82, 2.24) is 15.1 Å². The minimum atomic E-state index is -0.613. The van der Waals surface area contributed by atoms with E-state index in [1.165, 1.54) is 0 Å². The first-order valence-corrected chi connectivity index (χ1v) is 13.4. The van der Waals surface area contributed by atoms with Crippen LogP contribution < -0.4 is 10.1 Å². The zero-order chi connectivity index (χ0) is 27.2. The van der Waals surface area contributed by atoms with Crippen molar-refractivity contribution in [2.75, 3.05) is 46.5 Å². The molecular weight excluding hydrogens is 494 g/mol. The molecule has 0 radical (unpaired) electrons. The Balaban J connectivity index is 1.52. The van der Waals surface area contributed by atoms with Gasteiger partial charge in [0.2, 0.25) is 5.91 Å². The molecule has 8 nitrogen and oxygen atoms in total. The summed E-state index contributed by atoms with van der Waals surface area (Å²) < 4.78 is 11.0. The number of carbonyl (C=O) groups excluding carboxylic acids is 2. The number of benzene rings is 3. The van der Waals surface area contributed by atoms with E-state index in [2.05, 4.69) is 10.2 Å². The number of para-hydroxylation sites is 1. The van der Waals surface area contributed by atoms with Crippen LogP contribution >= 0.6 is 0 Å². The fraction of sp³-hybridized carbons (Fsp3) is 0.355. The summed E-state index contributed by atoms with van der Waals surface area (Å²) in [6.07, 6.45) is 0. The molecule has 0 aromatic heterocycles. The highest BCUT2D eigenvalue weighted by molar-refractivity contribution is 6.01. The maximum atomic E-state index is 14.0. The first-order chi connectivity index (χ1) is 19.1. The third-order valence-electron chi connectivity index (χ3n) is 7.59. The lowest BCUT2D eigenvalue weighted by Crippen LogP contribution is -2.48. The van der Waals surface area contributed by atoms with Crippen molar-refractivity contribution >= 4 is 11.8 Å². The van der Waals surface area contributed by atoms with Gasteiger partial charge in [-0.3, -0.25) is 14.5 Å². The summed E-state index contributed by atoms with van der Waals surface area (Å²) in [6, 6.07) is 22.0. The number of hydrogen-bond acceptors (Lipinski definition) is 6. The second kappa shape index (κ2) is 12.4. The van der Waals surface area contributed by atoms with Crippen LogP contribution in [0.2, 0.25) is 0 Å². The van der Waals surface area contributed by atoms with Crippen LogP contribution in [0.4, 0.5) is 0 Å². The van der Waals surface area contributed by atoms with E-state index in [1.807, 2.05) is 66.7 Å². The molecule has 204 valence electrons. The molecule has 0 unspecified atom stereocenters. The van der Waals surface area contributed by atoms with Gasteiger partial charge in [0, 0.05) is 37.3 Å². The van der Waals surface area contributed by atoms with E-state index in [0.29, 0.717) is 31.1 Å². The van der Waals surface area contributed by atoms with Crippen molar-refractivity contribution in [3.63, 3.8) is 0 Å². The second-order valence-corrected chi connectivity index (χ2v) is 9.90. The number of methoxy groups -OCH3 is 1. The molecular formula is C31H35N3O5. The first kappa shape index (κ1) is 26.9. The van der Waals surface area contributed by atoms with Crippen LogP contribution in [0.3, 0.4) is 0 Å². The van der Waals surface area contributed by atoms with Crippen LogP contribution in [0, 0.1) is 0 Å². The molecule has 3 aromatic carbocycles. The summed E-state index contributed by atoms with van der Waals surface area (Å²) in [6.45, 7) is 4.56. The lowest BCUT2D eigenvalue weighted by atomic mass is 9.78. The molecule has 0 saturated carbocycles. The number of carbonyl (C=O) groups is 2. The smallest absolute Gasteiger partial charge is 0.255 e. The number of aliphatic hydroxyl groups excluding tert-OH is 1. The summed E-state index contributed by atoms with van der Waals surface area (Å²) in [4.78, 5) is 32.0. The third kappa shape index (κ3) is 5.83. The number of aliphatic hydroxyl groups is 1. The molecule has 0 spiro atoms. The van der Waals surface area contributed by atoms with Crippen LogP contribution in [0.5, 0.6) is 5.75 Å². The number of morpholine rings is 1. The highest BCUT2D eigenvalue weighted by atomic mass is 16.5. The average Bonchev–Trinajstić information content (AvgIpc) is 2.99. The maximum absolute atomic E-state index is 14.0. The first-order valence-electron chi connectivity index (χ1n) is 13.4. The van der Waals surface area contributed by atoms with Crippen molar-refractivity contribution in [1.29, 1.82) is 0 Å². The molecule has 1 fully saturated rings. The van der Waals surface area contributed by atoms with Crippen molar-refractivity contribution in [2.24, 2.45) is 0 Å². The Hall–Kier alpha value is -3.72. The summed E-state index contributed by atoms with van der Waals surface area (Å²) in [5, 5.41) is 12.8. The summed E-state index contributed by atoms with van der Waals surface area (Å²) in [7, 11) is 1.61. The standard InChI is InChI=1S/C31H35N3O5/c1-38-27-9-5-2-6-24(27)20-34-29(23-12-10-22(21-35)11-13-23)28(25-7-3-4-8-26(25)31(34)37)30(36)32-14-15-33-16-18-39-19-17-33/h2-13,28-29,35H,14-21H2,1H3,(H,32,36)/t28-,29+/m1/s1. The summed E-state index contributed by atoms with van der Waals surface area (Å²) in [5.74, 6) is -0.182. The van der Waals surface area contributed by atoms with Gasteiger partial charge in [0.15, 0.2) is 0 Å². The van der Waals surface area contributed by atoms with Gasteiger partial charge < -0.3 is 24.8 Å². The number of rotatable bonds is 9. The molecule has 5 rings (SSSR count). The maximum Gasteiger partial charge on any atom is 0.255 e. The monoisotopic (exact) mass is 529 g/mol. The number of nitrogens with zero attached hydrogens (tertiary/aromatic N) is 2. The van der Waals surface area contributed by atoms with Crippen LogP contribution in [-0.2, 0) is 22.7 Å². The fourth-order valence-electron chi connectivity index (χ4n) is 5.53. The molecule has 2 N–H and O–H groups in total. The van der Waals surface area contributed by atoms with Crippen molar-refractivity contribution < 1.29 is 24.2 Å². The van der Waals surface area contributed by atoms with E-state index in [9.17, 15) is 14.7 Å². The van der Waals surface area contributed by atoms with Gasteiger partial charge in [-0.25, -0.2) is 0 Å². The summed E-state index contributed by atoms with van der Waals surface area (Å²) >= 11 is 0. The molecule has 8 heteroatoms. The largest absolute Gasteiger partial charge is 0.496 e. The molecule has 2 aliphatic heterocycles. The van der Waals surface area contributed by atoms with Gasteiger partial charge in [-0.15, -0.1) is 0 Å². The van der Waals surface area contributed by atoms with Crippen LogP contribution in [0.1, 0.15) is 44.6 Å². The molecule has 2 aliphatic rings. The Morgan fingerprint density at radius 3 is 2.49 bits per heavy atom. The van der Waals surface area contributed by atoms with Gasteiger partial charge in [0.25, 0.3) is 5.91 Å². The summed E-state index contributed by atoms with van der Waals surface area (Å²) in [5.41, 5.74) is 3.71. The fourth-order valence-corrected chi connectivity index (χ4v) is 5.53. The lowest BCUT2D eigenvalue weighted by molar-refractivity contribution is -0.124. The zero-order valence-corrected chi connectivity index (χ0v) is 22.2. The van der Waals surface area contributed by atoms with E-state index in [1.54, 1.807) is 18.1 Å². The van der Waals surface area contributed by atoms with E-state index in [0.717, 1.165) is 41.9 Å². The molecule has 1 saturated heterocycles. The molecule has 2 heterocycles. The SMILES string of the molecule is COc1ccccc1CN1C(=O)c2ccccc2[C@@H](C(=O)NCCN2CCOCC2)[C@@H]1c1ccc(CO)cc1. The van der Waals surface area contributed by atoms with Crippen LogP contribution in [0.25, 0.3) is 0 Å². The van der Waals surface area contributed by atoms with E-state index in [4.69, 9.17) is 9.47 Å². The third-order valence-corrected chi connectivity index (χ3v) is 7.59. The minimum absolute atomic E-state index is 0.0803. The van der Waals surface area contributed by atoms with Gasteiger partial charge in [0.1, 0.15) is 5.75 Å². The Morgan fingerprint density at radius 2 is 1.74 bits per heavy atom. The van der Waals surface area contributed by atoms with E-state index < -0.39 is 12.0 Å². The Labute approximate surface area is 229 Å². The topological polar surface area (TPSA) is 91.3 Å². The molecule has 0 aliphatic carbocycles. The van der Waals surface area contributed by atoms with E-state index >= 15 is 0 Å². The highest BCUT2D eigenvalue weighted by Crippen LogP contribution is 2.44. The quantitative estimate of drug-likeness (QED) is 0.443. The Kier molecular flexibility index (Phi) is 8.56. The highest BCUT2D eigenvalue weighted by Gasteiger charge is 2.44. The molecule has 0 bridgehead atoms. The van der Waals surface area contributed by atoms with Gasteiger partial charge in [0.05, 0.1) is 45.4 Å². The Morgan fingerprint density at radius 1 is 1.03 bits per heavy atom. The Bertz CT molecular complexity index is 1290. The van der Waals surface area contributed by atoms with Gasteiger partial charge in [-0.1, -0.05) is 60.7 Å². The van der Waals surface area contributed by atoms with Crippen molar-refractivity contribution in [3.8, 4) is 5.75 Å². The zero-order valence-electron chi connectivity index (χ0n) is 22.2. The minimum Gasteiger partial charge on any atom is -0.496 e.